The van der Waals surface area contributed by atoms with E-state index in [0.29, 0.717) is 24.6 Å². The standard InChI is InChI=1S/C26H27NO2/c1-20(2)23-15-9-10-16-25(23)29-18-17-27-26(28)24(22-13-7-4-8-14-22)19-21-11-5-3-6-12-21/h3-16,19-20H,17-18H2,1-2H3,(H,27,28)/b24-19+. The first-order valence-corrected chi connectivity index (χ1v) is 9.97. The second kappa shape index (κ2) is 10.3. The van der Waals surface area contributed by atoms with Crippen LogP contribution < -0.4 is 10.1 Å². The van der Waals surface area contributed by atoms with Gasteiger partial charge >= 0.3 is 0 Å². The van der Waals surface area contributed by atoms with Crippen LogP contribution in [0, 0.1) is 0 Å². The Balaban J connectivity index is 1.66. The average molecular weight is 386 g/mol. The number of hydrogen-bond donors (Lipinski definition) is 1. The van der Waals surface area contributed by atoms with E-state index in [1.165, 1.54) is 5.56 Å². The third-order valence-electron chi connectivity index (χ3n) is 4.63. The predicted molar refractivity (Wildman–Crippen MR) is 120 cm³/mol. The summed E-state index contributed by atoms with van der Waals surface area (Å²) in [6, 6.07) is 27.6. The summed E-state index contributed by atoms with van der Waals surface area (Å²) in [6.07, 6.45) is 1.92. The molecule has 3 aromatic rings. The highest BCUT2D eigenvalue weighted by molar-refractivity contribution is 6.24. The number of ether oxygens (including phenoxy) is 1. The molecule has 0 aliphatic carbocycles. The number of para-hydroxylation sites is 1. The van der Waals surface area contributed by atoms with Crippen LogP contribution in [0.1, 0.15) is 36.5 Å². The van der Waals surface area contributed by atoms with Crippen LogP contribution in [0.4, 0.5) is 0 Å². The second-order valence-corrected chi connectivity index (χ2v) is 7.13. The summed E-state index contributed by atoms with van der Waals surface area (Å²) in [5.74, 6) is 1.15. The monoisotopic (exact) mass is 385 g/mol. The Kier molecular flexibility index (Phi) is 7.23. The van der Waals surface area contributed by atoms with Gasteiger partial charge in [0.05, 0.1) is 6.54 Å². The number of amides is 1. The molecule has 3 aromatic carbocycles. The highest BCUT2D eigenvalue weighted by atomic mass is 16.5. The SMILES string of the molecule is CC(C)c1ccccc1OCCNC(=O)/C(=C/c1ccccc1)c1ccccc1. The lowest BCUT2D eigenvalue weighted by atomic mass is 10.0. The minimum Gasteiger partial charge on any atom is -0.491 e. The number of nitrogens with one attached hydrogen (secondary N) is 1. The van der Waals surface area contributed by atoms with Crippen LogP contribution in [0.5, 0.6) is 5.75 Å². The van der Waals surface area contributed by atoms with E-state index in [2.05, 4.69) is 25.2 Å². The fraction of sp³-hybridized carbons (Fsp3) is 0.192. The lowest BCUT2D eigenvalue weighted by Crippen LogP contribution is -2.29. The first-order valence-electron chi connectivity index (χ1n) is 9.97. The zero-order valence-corrected chi connectivity index (χ0v) is 17.0. The minimum absolute atomic E-state index is 0.110. The zero-order chi connectivity index (χ0) is 20.5. The Bertz CT molecular complexity index is 947. The number of carbonyl (C=O) groups excluding carboxylic acids is 1. The van der Waals surface area contributed by atoms with Gasteiger partial charge in [-0.15, -0.1) is 0 Å². The fourth-order valence-electron chi connectivity index (χ4n) is 3.12. The Hall–Kier alpha value is -3.33. The first kappa shape index (κ1) is 20.4. The Morgan fingerprint density at radius 3 is 2.21 bits per heavy atom. The van der Waals surface area contributed by atoms with Crippen molar-refractivity contribution < 1.29 is 9.53 Å². The molecule has 3 nitrogen and oxygen atoms in total. The molecular formula is C26H27NO2. The molecule has 0 aliphatic rings. The number of hydrogen-bond acceptors (Lipinski definition) is 2. The summed E-state index contributed by atoms with van der Waals surface area (Å²) in [5.41, 5.74) is 3.69. The molecular weight excluding hydrogens is 358 g/mol. The first-order chi connectivity index (χ1) is 14.1. The average Bonchev–Trinajstić information content (AvgIpc) is 2.76. The number of benzene rings is 3. The predicted octanol–water partition coefficient (Wildman–Crippen LogP) is 5.55. The quantitative estimate of drug-likeness (QED) is 0.314. The normalized spacial score (nSPS) is 11.3. The van der Waals surface area contributed by atoms with E-state index in [9.17, 15) is 4.79 Å². The molecule has 0 aromatic heterocycles. The maximum Gasteiger partial charge on any atom is 0.252 e. The van der Waals surface area contributed by atoms with Crippen LogP contribution in [0.15, 0.2) is 84.9 Å². The van der Waals surface area contributed by atoms with Gasteiger partial charge in [0.2, 0.25) is 0 Å². The van der Waals surface area contributed by atoms with Gasteiger partial charge in [0.25, 0.3) is 5.91 Å². The summed E-state index contributed by atoms with van der Waals surface area (Å²) in [7, 11) is 0. The summed E-state index contributed by atoms with van der Waals surface area (Å²) in [6.45, 7) is 5.14. The Morgan fingerprint density at radius 1 is 0.897 bits per heavy atom. The molecule has 0 unspecified atom stereocenters. The van der Waals surface area contributed by atoms with E-state index < -0.39 is 0 Å². The van der Waals surface area contributed by atoms with Crippen molar-refractivity contribution in [2.24, 2.45) is 0 Å². The van der Waals surface area contributed by atoms with Crippen molar-refractivity contribution in [3.05, 3.63) is 102 Å². The maximum atomic E-state index is 12.9. The lowest BCUT2D eigenvalue weighted by molar-refractivity contribution is -0.115. The molecule has 148 valence electrons. The molecule has 0 bridgehead atoms. The molecule has 0 heterocycles. The fourth-order valence-corrected chi connectivity index (χ4v) is 3.12. The molecule has 3 rings (SSSR count). The highest BCUT2D eigenvalue weighted by Crippen LogP contribution is 2.25. The van der Waals surface area contributed by atoms with Crippen molar-refractivity contribution >= 4 is 17.6 Å². The molecule has 0 atom stereocenters. The van der Waals surface area contributed by atoms with Crippen molar-refractivity contribution in [3.63, 3.8) is 0 Å². The third-order valence-corrected chi connectivity index (χ3v) is 4.63. The molecule has 0 aliphatic heterocycles. The summed E-state index contributed by atoms with van der Waals surface area (Å²) < 4.78 is 5.92. The molecule has 3 heteroatoms. The second-order valence-electron chi connectivity index (χ2n) is 7.13. The molecule has 0 fully saturated rings. The largest absolute Gasteiger partial charge is 0.491 e. The van der Waals surface area contributed by atoms with Gasteiger partial charge in [0.15, 0.2) is 0 Å². The van der Waals surface area contributed by atoms with Crippen LogP contribution in [-0.2, 0) is 4.79 Å². The maximum absolute atomic E-state index is 12.9. The van der Waals surface area contributed by atoms with Gasteiger partial charge in [-0.1, -0.05) is 92.7 Å². The van der Waals surface area contributed by atoms with Crippen molar-refractivity contribution in [2.75, 3.05) is 13.2 Å². The molecule has 1 N–H and O–H groups in total. The number of carbonyl (C=O) groups is 1. The molecule has 1 amide bonds. The Morgan fingerprint density at radius 2 is 1.52 bits per heavy atom. The van der Waals surface area contributed by atoms with Crippen LogP contribution >= 0.6 is 0 Å². The van der Waals surface area contributed by atoms with Crippen molar-refractivity contribution in [1.29, 1.82) is 0 Å². The topological polar surface area (TPSA) is 38.3 Å². The van der Waals surface area contributed by atoms with E-state index in [-0.39, 0.29) is 5.91 Å². The molecule has 0 saturated heterocycles. The van der Waals surface area contributed by atoms with E-state index >= 15 is 0 Å². The van der Waals surface area contributed by atoms with Gasteiger partial charge in [-0.05, 0) is 34.8 Å². The van der Waals surface area contributed by atoms with Crippen LogP contribution in [0.3, 0.4) is 0 Å². The summed E-state index contributed by atoms with van der Waals surface area (Å²) >= 11 is 0. The van der Waals surface area contributed by atoms with Gasteiger partial charge in [-0.25, -0.2) is 0 Å². The minimum atomic E-state index is -0.110. The van der Waals surface area contributed by atoms with Gasteiger partial charge in [0.1, 0.15) is 12.4 Å². The van der Waals surface area contributed by atoms with Crippen molar-refractivity contribution in [3.8, 4) is 5.75 Å². The van der Waals surface area contributed by atoms with Gasteiger partial charge < -0.3 is 10.1 Å². The molecule has 0 radical (unpaired) electrons. The molecule has 0 saturated carbocycles. The smallest absolute Gasteiger partial charge is 0.252 e. The van der Waals surface area contributed by atoms with Gasteiger partial charge in [0, 0.05) is 5.57 Å². The number of rotatable bonds is 8. The summed E-state index contributed by atoms with van der Waals surface area (Å²) in [5, 5.41) is 2.99. The van der Waals surface area contributed by atoms with Crippen molar-refractivity contribution in [2.45, 2.75) is 19.8 Å². The van der Waals surface area contributed by atoms with Crippen LogP contribution in [0.2, 0.25) is 0 Å². The van der Waals surface area contributed by atoms with Crippen molar-refractivity contribution in [1.82, 2.24) is 5.32 Å². The lowest BCUT2D eigenvalue weighted by Gasteiger charge is -2.14. The third kappa shape index (κ3) is 5.82. The Labute approximate surface area is 173 Å². The molecule has 0 spiro atoms. The van der Waals surface area contributed by atoms with E-state index in [1.807, 2.05) is 84.9 Å². The zero-order valence-electron chi connectivity index (χ0n) is 17.0. The van der Waals surface area contributed by atoms with E-state index in [0.717, 1.165) is 16.9 Å². The van der Waals surface area contributed by atoms with E-state index in [4.69, 9.17) is 4.74 Å². The molecule has 29 heavy (non-hydrogen) atoms. The van der Waals surface area contributed by atoms with Crippen LogP contribution in [-0.4, -0.2) is 19.1 Å². The highest BCUT2D eigenvalue weighted by Gasteiger charge is 2.12. The van der Waals surface area contributed by atoms with Crippen LogP contribution in [0.25, 0.3) is 11.6 Å². The van der Waals surface area contributed by atoms with E-state index in [1.54, 1.807) is 0 Å². The summed E-state index contributed by atoms with van der Waals surface area (Å²) in [4.78, 5) is 12.9. The van der Waals surface area contributed by atoms with Gasteiger partial charge in [-0.3, -0.25) is 4.79 Å². The van der Waals surface area contributed by atoms with Gasteiger partial charge in [-0.2, -0.15) is 0 Å².